The molecular weight excluding hydrogens is 210 g/mol. The first kappa shape index (κ1) is 12.4. The van der Waals surface area contributed by atoms with Crippen molar-refractivity contribution in [3.8, 4) is 0 Å². The van der Waals surface area contributed by atoms with E-state index in [-0.39, 0.29) is 0 Å². The summed E-state index contributed by atoms with van der Waals surface area (Å²) in [6, 6.07) is 5.48. The average molecular weight is 233 g/mol. The van der Waals surface area contributed by atoms with Crippen LogP contribution in [0.5, 0.6) is 0 Å². The van der Waals surface area contributed by atoms with E-state index in [2.05, 4.69) is 42.2 Å². The van der Waals surface area contributed by atoms with Crippen molar-refractivity contribution >= 4 is 5.82 Å². The van der Waals surface area contributed by atoms with Crippen LogP contribution in [0.15, 0.2) is 18.3 Å². The molecule has 1 aromatic rings. The molecule has 1 atom stereocenters. The van der Waals surface area contributed by atoms with Gasteiger partial charge in [-0.2, -0.15) is 0 Å². The lowest BCUT2D eigenvalue weighted by Crippen LogP contribution is -2.30. The summed E-state index contributed by atoms with van der Waals surface area (Å²) in [7, 11) is 2.14. The van der Waals surface area contributed by atoms with Gasteiger partial charge in [-0.15, -0.1) is 0 Å². The van der Waals surface area contributed by atoms with Gasteiger partial charge in [-0.25, -0.2) is 4.98 Å². The highest BCUT2D eigenvalue weighted by Crippen LogP contribution is 2.22. The SMILES string of the molecule is CCC(C)N(C)c1ncccc1CNC1CC1. The topological polar surface area (TPSA) is 28.2 Å². The van der Waals surface area contributed by atoms with Gasteiger partial charge in [0.25, 0.3) is 0 Å². The van der Waals surface area contributed by atoms with Gasteiger partial charge in [0, 0.05) is 37.4 Å². The molecule has 0 aromatic carbocycles. The summed E-state index contributed by atoms with van der Waals surface area (Å²) < 4.78 is 0. The van der Waals surface area contributed by atoms with Crippen LogP contribution in [-0.2, 0) is 6.54 Å². The van der Waals surface area contributed by atoms with Crippen molar-refractivity contribution < 1.29 is 0 Å². The summed E-state index contributed by atoms with van der Waals surface area (Å²) in [4.78, 5) is 6.81. The predicted molar refractivity (Wildman–Crippen MR) is 72.3 cm³/mol. The summed E-state index contributed by atoms with van der Waals surface area (Å²) in [5, 5.41) is 3.56. The zero-order valence-electron chi connectivity index (χ0n) is 11.1. The van der Waals surface area contributed by atoms with Gasteiger partial charge >= 0.3 is 0 Å². The molecule has 2 rings (SSSR count). The largest absolute Gasteiger partial charge is 0.357 e. The molecule has 1 fully saturated rings. The zero-order chi connectivity index (χ0) is 12.3. The normalized spacial score (nSPS) is 16.9. The standard InChI is InChI=1S/C14H23N3/c1-4-11(2)17(3)14-12(6-5-9-15-14)10-16-13-7-8-13/h5-6,9,11,13,16H,4,7-8,10H2,1-3H3. The lowest BCUT2D eigenvalue weighted by atomic mass is 10.2. The van der Waals surface area contributed by atoms with Crippen molar-refractivity contribution in [3.63, 3.8) is 0 Å². The van der Waals surface area contributed by atoms with Crippen molar-refractivity contribution in [2.75, 3.05) is 11.9 Å². The van der Waals surface area contributed by atoms with Crippen LogP contribution in [-0.4, -0.2) is 24.1 Å². The molecule has 3 heteroatoms. The molecular formula is C14H23N3. The molecule has 0 radical (unpaired) electrons. The minimum Gasteiger partial charge on any atom is -0.357 e. The lowest BCUT2D eigenvalue weighted by molar-refractivity contribution is 0.641. The summed E-state index contributed by atoms with van der Waals surface area (Å²) in [6.45, 7) is 5.40. The van der Waals surface area contributed by atoms with Crippen molar-refractivity contribution in [1.82, 2.24) is 10.3 Å². The van der Waals surface area contributed by atoms with E-state index >= 15 is 0 Å². The number of rotatable bonds is 6. The molecule has 1 heterocycles. The first-order chi connectivity index (χ1) is 8.22. The minimum atomic E-state index is 0.532. The Balaban J connectivity index is 2.07. The van der Waals surface area contributed by atoms with E-state index in [1.54, 1.807) is 0 Å². The van der Waals surface area contributed by atoms with Crippen LogP contribution in [0.2, 0.25) is 0 Å². The molecule has 0 saturated heterocycles. The van der Waals surface area contributed by atoms with Crippen LogP contribution in [0.1, 0.15) is 38.7 Å². The molecule has 0 bridgehead atoms. The van der Waals surface area contributed by atoms with E-state index in [4.69, 9.17) is 0 Å². The smallest absolute Gasteiger partial charge is 0.132 e. The van der Waals surface area contributed by atoms with E-state index in [1.165, 1.54) is 18.4 Å². The Kier molecular flexibility index (Phi) is 4.00. The van der Waals surface area contributed by atoms with Gasteiger partial charge < -0.3 is 10.2 Å². The van der Waals surface area contributed by atoms with Crippen LogP contribution in [0, 0.1) is 0 Å². The third-order valence-corrected chi connectivity index (χ3v) is 3.61. The second-order valence-corrected chi connectivity index (χ2v) is 5.01. The first-order valence-corrected chi connectivity index (χ1v) is 6.62. The molecule has 94 valence electrons. The maximum Gasteiger partial charge on any atom is 0.132 e. The van der Waals surface area contributed by atoms with E-state index in [0.29, 0.717) is 6.04 Å². The molecule has 1 aromatic heterocycles. The van der Waals surface area contributed by atoms with Crippen molar-refractivity contribution in [2.24, 2.45) is 0 Å². The summed E-state index contributed by atoms with van der Waals surface area (Å²) in [6.07, 6.45) is 5.69. The van der Waals surface area contributed by atoms with Crippen LogP contribution >= 0.6 is 0 Å². The van der Waals surface area contributed by atoms with Crippen LogP contribution in [0.3, 0.4) is 0 Å². The van der Waals surface area contributed by atoms with Gasteiger partial charge in [-0.1, -0.05) is 13.0 Å². The molecule has 1 unspecified atom stereocenters. The quantitative estimate of drug-likeness (QED) is 0.818. The Morgan fingerprint density at radius 2 is 2.29 bits per heavy atom. The molecule has 0 aliphatic heterocycles. The van der Waals surface area contributed by atoms with Gasteiger partial charge in [0.2, 0.25) is 0 Å². The Morgan fingerprint density at radius 1 is 1.53 bits per heavy atom. The molecule has 1 N–H and O–H groups in total. The van der Waals surface area contributed by atoms with Gasteiger partial charge in [0.1, 0.15) is 5.82 Å². The maximum absolute atomic E-state index is 4.53. The maximum atomic E-state index is 4.53. The number of nitrogens with zero attached hydrogens (tertiary/aromatic N) is 2. The van der Waals surface area contributed by atoms with Gasteiger partial charge in [-0.3, -0.25) is 0 Å². The second kappa shape index (κ2) is 5.50. The highest BCUT2D eigenvalue weighted by atomic mass is 15.2. The fourth-order valence-corrected chi connectivity index (χ4v) is 1.91. The highest BCUT2D eigenvalue weighted by Gasteiger charge is 2.21. The number of hydrogen-bond acceptors (Lipinski definition) is 3. The second-order valence-electron chi connectivity index (χ2n) is 5.01. The number of pyridine rings is 1. The number of hydrogen-bond donors (Lipinski definition) is 1. The van der Waals surface area contributed by atoms with Crippen LogP contribution < -0.4 is 10.2 Å². The molecule has 1 aliphatic rings. The molecule has 17 heavy (non-hydrogen) atoms. The fraction of sp³-hybridized carbons (Fsp3) is 0.643. The third-order valence-electron chi connectivity index (χ3n) is 3.61. The number of anilines is 1. The Morgan fingerprint density at radius 3 is 2.94 bits per heavy atom. The summed E-state index contributed by atoms with van der Waals surface area (Å²) >= 11 is 0. The van der Waals surface area contributed by atoms with Gasteiger partial charge in [-0.05, 0) is 32.3 Å². The van der Waals surface area contributed by atoms with Crippen molar-refractivity contribution in [3.05, 3.63) is 23.9 Å². The predicted octanol–water partition coefficient (Wildman–Crippen LogP) is 2.57. The first-order valence-electron chi connectivity index (χ1n) is 6.62. The van der Waals surface area contributed by atoms with Crippen molar-refractivity contribution in [1.29, 1.82) is 0 Å². The summed E-state index contributed by atoms with van der Waals surface area (Å²) in [5.41, 5.74) is 1.31. The molecule has 1 saturated carbocycles. The van der Waals surface area contributed by atoms with E-state index in [9.17, 15) is 0 Å². The highest BCUT2D eigenvalue weighted by molar-refractivity contribution is 5.46. The lowest BCUT2D eigenvalue weighted by Gasteiger charge is -2.27. The van der Waals surface area contributed by atoms with Gasteiger partial charge in [0.05, 0.1) is 0 Å². The number of aromatic nitrogens is 1. The third kappa shape index (κ3) is 3.19. The van der Waals surface area contributed by atoms with Crippen LogP contribution in [0.25, 0.3) is 0 Å². The van der Waals surface area contributed by atoms with E-state index in [1.807, 2.05) is 12.3 Å². The number of nitrogens with one attached hydrogen (secondary N) is 1. The molecule has 3 nitrogen and oxygen atoms in total. The average Bonchev–Trinajstić information content (AvgIpc) is 3.19. The Hall–Kier alpha value is -1.09. The van der Waals surface area contributed by atoms with Gasteiger partial charge in [0.15, 0.2) is 0 Å². The van der Waals surface area contributed by atoms with E-state index in [0.717, 1.165) is 24.8 Å². The Labute approximate surface area is 104 Å². The summed E-state index contributed by atoms with van der Waals surface area (Å²) in [5.74, 6) is 1.12. The van der Waals surface area contributed by atoms with E-state index < -0.39 is 0 Å². The Bertz CT molecular complexity index is 360. The monoisotopic (exact) mass is 233 g/mol. The molecule has 0 spiro atoms. The van der Waals surface area contributed by atoms with Crippen molar-refractivity contribution in [2.45, 2.75) is 51.7 Å². The van der Waals surface area contributed by atoms with Crippen LogP contribution in [0.4, 0.5) is 5.82 Å². The molecule has 0 amide bonds. The minimum absolute atomic E-state index is 0.532. The molecule has 1 aliphatic carbocycles. The fourth-order valence-electron chi connectivity index (χ4n) is 1.91. The zero-order valence-corrected chi connectivity index (χ0v) is 11.1.